The average Bonchev–Trinajstić information content (AvgIpc) is 2.84. The van der Waals surface area contributed by atoms with Gasteiger partial charge in [0.05, 0.1) is 0 Å². The van der Waals surface area contributed by atoms with Crippen molar-refractivity contribution in [1.82, 2.24) is 5.32 Å². The van der Waals surface area contributed by atoms with Crippen molar-refractivity contribution >= 4 is 11.6 Å². The quantitative estimate of drug-likeness (QED) is 0.534. The van der Waals surface area contributed by atoms with Crippen LogP contribution in [0, 0.1) is 5.92 Å². The summed E-state index contributed by atoms with van der Waals surface area (Å²) >= 11 is 0. The average molecular weight is 429 g/mol. The molecule has 4 rings (SSSR count). The first-order valence-electron chi connectivity index (χ1n) is 11.5. The molecule has 1 heterocycles. The summed E-state index contributed by atoms with van der Waals surface area (Å²) in [6.07, 6.45) is 2.30. The Morgan fingerprint density at radius 1 is 0.938 bits per heavy atom. The molecular formula is C28H32N2O2. The molecule has 0 aliphatic carbocycles. The van der Waals surface area contributed by atoms with Gasteiger partial charge in [-0.1, -0.05) is 67.6 Å². The number of hydrogen-bond acceptors (Lipinski definition) is 3. The van der Waals surface area contributed by atoms with Crippen LogP contribution < -0.4 is 15.0 Å². The van der Waals surface area contributed by atoms with Crippen LogP contribution in [0.25, 0.3) is 0 Å². The summed E-state index contributed by atoms with van der Waals surface area (Å²) < 4.78 is 5.91. The summed E-state index contributed by atoms with van der Waals surface area (Å²) in [5, 5.41) is 3.27. The fourth-order valence-corrected chi connectivity index (χ4v) is 4.27. The van der Waals surface area contributed by atoms with E-state index in [4.69, 9.17) is 4.74 Å². The van der Waals surface area contributed by atoms with Gasteiger partial charge < -0.3 is 15.0 Å². The molecule has 1 saturated heterocycles. The number of amides is 1. The predicted molar refractivity (Wildman–Crippen MR) is 130 cm³/mol. The molecule has 166 valence electrons. The van der Waals surface area contributed by atoms with Crippen LogP contribution in [-0.4, -0.2) is 25.0 Å². The lowest BCUT2D eigenvalue weighted by Gasteiger charge is -2.38. The first kappa shape index (κ1) is 21.9. The maximum absolute atomic E-state index is 12.4. The standard InChI is InChI=1S/C28H32N2O2/c1-22-20-30(19-18-27(22)29-28(31)17-12-23-8-4-2-5-9-23)25-13-15-26(16-14-25)32-21-24-10-6-3-7-11-24/h2-11,13-16,22,27H,12,17-21H2,1H3,(H,29,31). The number of rotatable bonds is 8. The van der Waals surface area contributed by atoms with Gasteiger partial charge in [-0.2, -0.15) is 0 Å². The van der Waals surface area contributed by atoms with Crippen LogP contribution in [0.1, 0.15) is 30.9 Å². The number of nitrogens with one attached hydrogen (secondary N) is 1. The molecule has 0 radical (unpaired) electrons. The Morgan fingerprint density at radius 3 is 2.25 bits per heavy atom. The fourth-order valence-electron chi connectivity index (χ4n) is 4.27. The van der Waals surface area contributed by atoms with Gasteiger partial charge in [-0.3, -0.25) is 4.79 Å². The topological polar surface area (TPSA) is 41.6 Å². The number of nitrogens with zero attached hydrogens (tertiary/aromatic N) is 1. The summed E-state index contributed by atoms with van der Waals surface area (Å²) in [6.45, 7) is 4.68. The minimum atomic E-state index is 0.152. The normalized spacial score (nSPS) is 18.2. The van der Waals surface area contributed by atoms with Crippen molar-refractivity contribution in [2.24, 2.45) is 5.92 Å². The van der Waals surface area contributed by atoms with E-state index < -0.39 is 0 Å². The summed E-state index contributed by atoms with van der Waals surface area (Å²) in [6, 6.07) is 29.0. The lowest BCUT2D eigenvalue weighted by molar-refractivity contribution is -0.122. The summed E-state index contributed by atoms with van der Waals surface area (Å²) in [4.78, 5) is 14.8. The SMILES string of the molecule is CC1CN(c2ccc(OCc3ccccc3)cc2)CCC1NC(=O)CCc1ccccc1. The van der Waals surface area contributed by atoms with E-state index in [2.05, 4.69) is 53.5 Å². The highest BCUT2D eigenvalue weighted by molar-refractivity contribution is 5.76. The van der Waals surface area contributed by atoms with E-state index in [1.54, 1.807) is 0 Å². The molecule has 0 spiro atoms. The van der Waals surface area contributed by atoms with E-state index in [1.165, 1.54) is 16.8 Å². The third-order valence-corrected chi connectivity index (χ3v) is 6.19. The lowest BCUT2D eigenvalue weighted by atomic mass is 9.93. The molecule has 3 aromatic rings. The van der Waals surface area contributed by atoms with E-state index in [0.29, 0.717) is 18.9 Å². The molecule has 32 heavy (non-hydrogen) atoms. The molecule has 2 unspecified atom stereocenters. The number of hydrogen-bond donors (Lipinski definition) is 1. The lowest BCUT2D eigenvalue weighted by Crippen LogP contribution is -2.50. The maximum atomic E-state index is 12.4. The van der Waals surface area contributed by atoms with Gasteiger partial charge >= 0.3 is 0 Å². The maximum Gasteiger partial charge on any atom is 0.220 e. The molecule has 4 heteroatoms. The summed E-state index contributed by atoms with van der Waals surface area (Å²) in [5.74, 6) is 1.43. The smallest absolute Gasteiger partial charge is 0.220 e. The molecule has 0 saturated carbocycles. The highest BCUT2D eigenvalue weighted by atomic mass is 16.5. The number of carbonyl (C=O) groups excluding carboxylic acids is 1. The van der Waals surface area contributed by atoms with E-state index in [1.807, 2.05) is 48.5 Å². The highest BCUT2D eigenvalue weighted by Crippen LogP contribution is 2.26. The Morgan fingerprint density at radius 2 is 1.59 bits per heavy atom. The zero-order chi connectivity index (χ0) is 22.2. The largest absolute Gasteiger partial charge is 0.489 e. The van der Waals surface area contributed by atoms with Crippen LogP contribution in [-0.2, 0) is 17.8 Å². The minimum Gasteiger partial charge on any atom is -0.489 e. The Bertz CT molecular complexity index is 973. The highest BCUT2D eigenvalue weighted by Gasteiger charge is 2.27. The molecule has 4 nitrogen and oxygen atoms in total. The second-order valence-electron chi connectivity index (χ2n) is 8.64. The molecule has 0 aromatic heterocycles. The van der Waals surface area contributed by atoms with Gasteiger partial charge in [-0.15, -0.1) is 0 Å². The first-order valence-corrected chi connectivity index (χ1v) is 11.5. The third kappa shape index (κ3) is 6.13. The predicted octanol–water partition coefficient (Wildman–Crippen LogP) is 5.23. The van der Waals surface area contributed by atoms with Crippen molar-refractivity contribution in [3.8, 4) is 5.75 Å². The van der Waals surface area contributed by atoms with Crippen molar-refractivity contribution < 1.29 is 9.53 Å². The summed E-state index contributed by atoms with van der Waals surface area (Å²) in [7, 11) is 0. The van der Waals surface area contributed by atoms with Crippen LogP contribution in [0.4, 0.5) is 5.69 Å². The molecule has 0 bridgehead atoms. The van der Waals surface area contributed by atoms with E-state index in [9.17, 15) is 4.79 Å². The van der Waals surface area contributed by atoms with Crippen LogP contribution in [0.5, 0.6) is 5.75 Å². The fraction of sp³-hybridized carbons (Fsp3) is 0.321. The van der Waals surface area contributed by atoms with Gasteiger partial charge in [-0.05, 0) is 54.2 Å². The summed E-state index contributed by atoms with van der Waals surface area (Å²) in [5.41, 5.74) is 3.58. The molecule has 1 amide bonds. The molecule has 1 N–H and O–H groups in total. The molecule has 1 aliphatic rings. The molecule has 2 atom stereocenters. The number of carbonyl (C=O) groups is 1. The molecule has 1 fully saturated rings. The number of ether oxygens (including phenoxy) is 1. The van der Waals surface area contributed by atoms with Crippen LogP contribution in [0.3, 0.4) is 0 Å². The van der Waals surface area contributed by atoms with Gasteiger partial charge in [0.15, 0.2) is 0 Å². The van der Waals surface area contributed by atoms with E-state index in [-0.39, 0.29) is 11.9 Å². The van der Waals surface area contributed by atoms with Gasteiger partial charge in [0.2, 0.25) is 5.91 Å². The third-order valence-electron chi connectivity index (χ3n) is 6.19. The van der Waals surface area contributed by atoms with Crippen molar-refractivity contribution in [3.05, 3.63) is 96.1 Å². The second kappa shape index (κ2) is 10.9. The Labute approximate surface area is 191 Å². The van der Waals surface area contributed by atoms with Gasteiger partial charge in [0.25, 0.3) is 0 Å². The molecule has 1 aliphatic heterocycles. The van der Waals surface area contributed by atoms with Crippen LogP contribution >= 0.6 is 0 Å². The van der Waals surface area contributed by atoms with Gasteiger partial charge in [0, 0.05) is 31.2 Å². The monoisotopic (exact) mass is 428 g/mol. The minimum absolute atomic E-state index is 0.152. The van der Waals surface area contributed by atoms with Gasteiger partial charge in [-0.25, -0.2) is 0 Å². The molecule has 3 aromatic carbocycles. The number of benzene rings is 3. The zero-order valence-corrected chi connectivity index (χ0v) is 18.7. The first-order chi connectivity index (χ1) is 15.7. The number of anilines is 1. The van der Waals surface area contributed by atoms with Crippen LogP contribution in [0.15, 0.2) is 84.9 Å². The van der Waals surface area contributed by atoms with Crippen molar-refractivity contribution in [3.63, 3.8) is 0 Å². The van der Waals surface area contributed by atoms with E-state index in [0.717, 1.165) is 31.7 Å². The van der Waals surface area contributed by atoms with Gasteiger partial charge in [0.1, 0.15) is 12.4 Å². The van der Waals surface area contributed by atoms with Crippen molar-refractivity contribution in [2.45, 2.75) is 38.8 Å². The zero-order valence-electron chi connectivity index (χ0n) is 18.7. The van der Waals surface area contributed by atoms with E-state index >= 15 is 0 Å². The number of piperidine rings is 1. The Hall–Kier alpha value is -3.27. The van der Waals surface area contributed by atoms with Crippen molar-refractivity contribution in [1.29, 1.82) is 0 Å². The Kier molecular flexibility index (Phi) is 7.44. The second-order valence-corrected chi connectivity index (χ2v) is 8.64. The number of aryl methyl sites for hydroxylation is 1. The molecular weight excluding hydrogens is 396 g/mol. The Balaban J connectivity index is 1.23. The van der Waals surface area contributed by atoms with Crippen LogP contribution in [0.2, 0.25) is 0 Å². The van der Waals surface area contributed by atoms with Crippen molar-refractivity contribution in [2.75, 3.05) is 18.0 Å².